The largest absolute Gasteiger partial charge is 0.324 e. The number of anilines is 2. The lowest BCUT2D eigenvalue weighted by molar-refractivity contribution is -0.114. The Kier molecular flexibility index (Phi) is 6.56. The van der Waals surface area contributed by atoms with Gasteiger partial charge in [-0.2, -0.15) is 0 Å². The molecule has 0 aliphatic heterocycles. The number of rotatable bonds is 7. The Morgan fingerprint density at radius 1 is 0.931 bits per heavy atom. The molecule has 0 atom stereocenters. The predicted octanol–water partition coefficient (Wildman–Crippen LogP) is 4.74. The molecule has 0 aromatic heterocycles. The third-order valence-electron chi connectivity index (χ3n) is 4.41. The molecule has 150 valence electrons. The van der Waals surface area contributed by atoms with Crippen molar-refractivity contribution in [2.24, 2.45) is 0 Å². The van der Waals surface area contributed by atoms with Gasteiger partial charge in [-0.1, -0.05) is 54.9 Å². The molecule has 3 rings (SSSR count). The molecule has 0 fully saturated rings. The number of nitrogens with zero attached hydrogens (tertiary/aromatic N) is 1. The van der Waals surface area contributed by atoms with Gasteiger partial charge in [-0.3, -0.25) is 9.10 Å². The molecule has 0 saturated carbocycles. The van der Waals surface area contributed by atoms with Crippen LogP contribution in [0.4, 0.5) is 11.4 Å². The number of halogens is 1. The molecule has 0 aliphatic rings. The minimum absolute atomic E-state index is 0.108. The van der Waals surface area contributed by atoms with Crippen molar-refractivity contribution in [3.8, 4) is 0 Å². The summed E-state index contributed by atoms with van der Waals surface area (Å²) in [5.41, 5.74) is 2.01. The minimum Gasteiger partial charge on any atom is -0.324 e. The molecule has 1 N–H and O–H groups in total. The lowest BCUT2D eigenvalue weighted by atomic mass is 10.1. The van der Waals surface area contributed by atoms with Crippen LogP contribution < -0.4 is 9.62 Å². The second-order valence-electron chi connectivity index (χ2n) is 6.36. The second-order valence-corrected chi connectivity index (χ2v) is 8.66. The maximum Gasteiger partial charge on any atom is 0.264 e. The van der Waals surface area contributed by atoms with Crippen molar-refractivity contribution < 1.29 is 13.2 Å². The summed E-state index contributed by atoms with van der Waals surface area (Å²) in [5.74, 6) is -0.430. The summed E-state index contributed by atoms with van der Waals surface area (Å²) in [6.07, 6.45) is 0.750. The zero-order valence-electron chi connectivity index (χ0n) is 15.9. The monoisotopic (exact) mass is 428 g/mol. The van der Waals surface area contributed by atoms with Gasteiger partial charge < -0.3 is 5.32 Å². The van der Waals surface area contributed by atoms with Gasteiger partial charge in [0.1, 0.15) is 6.54 Å². The van der Waals surface area contributed by atoms with Crippen LogP contribution in [0.5, 0.6) is 0 Å². The van der Waals surface area contributed by atoms with Crippen molar-refractivity contribution in [3.63, 3.8) is 0 Å². The SMILES string of the molecule is CCc1ccccc1NC(=O)CN(c1ccc(Cl)cc1)S(=O)(=O)c1ccccc1. The number of amides is 1. The number of carbonyl (C=O) groups excluding carboxylic acids is 1. The highest BCUT2D eigenvalue weighted by atomic mass is 35.5. The van der Waals surface area contributed by atoms with Crippen LogP contribution in [0.3, 0.4) is 0 Å². The fourth-order valence-electron chi connectivity index (χ4n) is 2.91. The van der Waals surface area contributed by atoms with Crippen LogP contribution in [-0.4, -0.2) is 20.9 Å². The Morgan fingerprint density at radius 3 is 2.21 bits per heavy atom. The van der Waals surface area contributed by atoms with Gasteiger partial charge in [0.15, 0.2) is 0 Å². The second kappa shape index (κ2) is 9.11. The normalized spacial score (nSPS) is 11.1. The molecule has 5 nitrogen and oxygen atoms in total. The van der Waals surface area contributed by atoms with E-state index in [1.54, 1.807) is 48.5 Å². The summed E-state index contributed by atoms with van der Waals surface area (Å²) in [6, 6.07) is 21.8. The van der Waals surface area contributed by atoms with Gasteiger partial charge in [-0.05, 0) is 54.4 Å². The number of para-hydroxylation sites is 1. The maximum absolute atomic E-state index is 13.2. The van der Waals surface area contributed by atoms with Crippen LogP contribution in [0.15, 0.2) is 83.8 Å². The van der Waals surface area contributed by atoms with Crippen molar-refractivity contribution in [2.45, 2.75) is 18.2 Å². The highest BCUT2D eigenvalue weighted by Gasteiger charge is 2.27. The standard InChI is InChI=1S/C22H21ClN2O3S/c1-2-17-8-6-7-11-21(17)24-22(26)16-25(19-14-12-18(23)13-15-19)29(27,28)20-9-4-3-5-10-20/h3-15H,2,16H2,1H3,(H,24,26). The van der Waals surface area contributed by atoms with E-state index in [9.17, 15) is 13.2 Å². The molecule has 0 spiro atoms. The number of sulfonamides is 1. The highest BCUT2D eigenvalue weighted by molar-refractivity contribution is 7.92. The first-order valence-electron chi connectivity index (χ1n) is 9.13. The molecule has 0 unspecified atom stereocenters. The van der Waals surface area contributed by atoms with Crippen molar-refractivity contribution in [2.75, 3.05) is 16.2 Å². The van der Waals surface area contributed by atoms with Crippen LogP contribution in [0.25, 0.3) is 0 Å². The van der Waals surface area contributed by atoms with Crippen molar-refractivity contribution in [3.05, 3.63) is 89.4 Å². The first kappa shape index (κ1) is 20.9. The van der Waals surface area contributed by atoms with Gasteiger partial charge in [0.05, 0.1) is 10.6 Å². The van der Waals surface area contributed by atoms with Crippen LogP contribution in [0.2, 0.25) is 5.02 Å². The Bertz CT molecular complexity index is 1080. The highest BCUT2D eigenvalue weighted by Crippen LogP contribution is 2.25. The van der Waals surface area contributed by atoms with E-state index in [-0.39, 0.29) is 11.4 Å². The average molecular weight is 429 g/mol. The lowest BCUT2D eigenvalue weighted by Gasteiger charge is -2.24. The van der Waals surface area contributed by atoms with Crippen LogP contribution in [-0.2, 0) is 21.2 Å². The van der Waals surface area contributed by atoms with Gasteiger partial charge >= 0.3 is 0 Å². The first-order valence-corrected chi connectivity index (χ1v) is 10.9. The first-order chi connectivity index (χ1) is 13.9. The Hall–Kier alpha value is -2.83. The van der Waals surface area contributed by atoms with Crippen molar-refractivity contribution in [1.29, 1.82) is 0 Å². The summed E-state index contributed by atoms with van der Waals surface area (Å²) in [6.45, 7) is 1.63. The summed E-state index contributed by atoms with van der Waals surface area (Å²) in [7, 11) is -3.94. The van der Waals surface area contributed by atoms with Crippen molar-refractivity contribution >= 4 is 38.9 Å². The molecule has 29 heavy (non-hydrogen) atoms. The number of carbonyl (C=O) groups is 1. The fourth-order valence-corrected chi connectivity index (χ4v) is 4.48. The van der Waals surface area contributed by atoms with E-state index in [1.165, 1.54) is 12.1 Å². The van der Waals surface area contributed by atoms with E-state index in [1.807, 2.05) is 25.1 Å². The van der Waals surface area contributed by atoms with Gasteiger partial charge in [0.25, 0.3) is 10.0 Å². The smallest absolute Gasteiger partial charge is 0.264 e. The average Bonchev–Trinajstić information content (AvgIpc) is 2.74. The van der Waals surface area contributed by atoms with Gasteiger partial charge in [-0.25, -0.2) is 8.42 Å². The summed E-state index contributed by atoms with van der Waals surface area (Å²) >= 11 is 5.95. The molecule has 0 radical (unpaired) electrons. The minimum atomic E-state index is -3.94. The Balaban J connectivity index is 1.93. The molecule has 0 saturated heterocycles. The lowest BCUT2D eigenvalue weighted by Crippen LogP contribution is -2.38. The molecule has 3 aromatic carbocycles. The number of hydrogen-bond acceptors (Lipinski definition) is 3. The third-order valence-corrected chi connectivity index (χ3v) is 6.45. The molecular formula is C22H21ClN2O3S. The summed E-state index contributed by atoms with van der Waals surface area (Å²) < 4.78 is 27.6. The van der Waals surface area contributed by atoms with Crippen LogP contribution in [0, 0.1) is 0 Å². The van der Waals surface area contributed by atoms with Gasteiger partial charge in [0.2, 0.25) is 5.91 Å². The van der Waals surface area contributed by atoms with E-state index in [2.05, 4.69) is 5.32 Å². The molecule has 0 bridgehead atoms. The van der Waals surface area contributed by atoms with Crippen molar-refractivity contribution in [1.82, 2.24) is 0 Å². The molecule has 3 aromatic rings. The predicted molar refractivity (Wildman–Crippen MR) is 117 cm³/mol. The van der Waals surface area contributed by atoms with E-state index < -0.39 is 15.9 Å². The molecule has 0 heterocycles. The van der Waals surface area contributed by atoms with Crippen LogP contribution >= 0.6 is 11.6 Å². The van der Waals surface area contributed by atoms with Gasteiger partial charge in [0, 0.05) is 10.7 Å². The topological polar surface area (TPSA) is 66.5 Å². The molecule has 0 aliphatic carbocycles. The quantitative estimate of drug-likeness (QED) is 0.591. The van der Waals surface area contributed by atoms with E-state index in [0.29, 0.717) is 16.4 Å². The Labute approximate surface area is 176 Å². The summed E-state index contributed by atoms with van der Waals surface area (Å²) in [4.78, 5) is 12.9. The molecule has 7 heteroatoms. The number of nitrogens with one attached hydrogen (secondary N) is 1. The maximum atomic E-state index is 13.2. The van der Waals surface area contributed by atoms with Crippen LogP contribution in [0.1, 0.15) is 12.5 Å². The van der Waals surface area contributed by atoms with E-state index >= 15 is 0 Å². The zero-order valence-corrected chi connectivity index (χ0v) is 17.5. The van der Waals surface area contributed by atoms with Gasteiger partial charge in [-0.15, -0.1) is 0 Å². The van der Waals surface area contributed by atoms with E-state index in [0.717, 1.165) is 16.3 Å². The number of hydrogen-bond donors (Lipinski definition) is 1. The zero-order chi connectivity index (χ0) is 20.9. The number of benzene rings is 3. The Morgan fingerprint density at radius 2 is 1.55 bits per heavy atom. The fraction of sp³-hybridized carbons (Fsp3) is 0.136. The summed E-state index contributed by atoms with van der Waals surface area (Å²) in [5, 5.41) is 3.30. The van der Waals surface area contributed by atoms with E-state index in [4.69, 9.17) is 11.6 Å². The molecular weight excluding hydrogens is 408 g/mol. The molecule has 1 amide bonds. The third kappa shape index (κ3) is 4.96. The number of aryl methyl sites for hydroxylation is 1.